The van der Waals surface area contributed by atoms with Gasteiger partial charge >= 0.3 is 0 Å². The van der Waals surface area contributed by atoms with Gasteiger partial charge in [-0.05, 0) is 19.8 Å². The molecular weight excluding hydrogens is 222 g/mol. The first kappa shape index (κ1) is 13.5. The molecule has 0 amide bonds. The standard InChI is InChI=1S/C12H22ClN3/c1-4-12(5-2,10-13)14-7-11-8-15-16(6-3)9-11/h8-9,14H,4-7,10H2,1-3H3. The maximum Gasteiger partial charge on any atom is 0.0534 e. The van der Waals surface area contributed by atoms with E-state index in [4.69, 9.17) is 11.6 Å². The zero-order chi connectivity index (χ0) is 12.0. The summed E-state index contributed by atoms with van der Waals surface area (Å²) in [7, 11) is 0. The summed E-state index contributed by atoms with van der Waals surface area (Å²) in [5.41, 5.74) is 1.29. The molecule has 4 heteroatoms. The molecule has 92 valence electrons. The highest BCUT2D eigenvalue weighted by molar-refractivity contribution is 6.18. The van der Waals surface area contributed by atoms with Gasteiger partial charge in [0.2, 0.25) is 0 Å². The molecule has 0 aliphatic rings. The molecule has 0 unspecified atom stereocenters. The predicted octanol–water partition coefficient (Wildman–Crippen LogP) is 2.79. The third kappa shape index (κ3) is 3.22. The first-order valence-electron chi connectivity index (χ1n) is 6.02. The van der Waals surface area contributed by atoms with Gasteiger partial charge in [-0.3, -0.25) is 4.68 Å². The van der Waals surface area contributed by atoms with Gasteiger partial charge in [-0.15, -0.1) is 11.6 Å². The van der Waals surface area contributed by atoms with Crippen molar-refractivity contribution in [3.63, 3.8) is 0 Å². The number of aryl methyl sites for hydroxylation is 1. The van der Waals surface area contributed by atoms with Gasteiger partial charge < -0.3 is 5.32 Å². The highest BCUT2D eigenvalue weighted by atomic mass is 35.5. The average molecular weight is 244 g/mol. The van der Waals surface area contributed by atoms with E-state index in [2.05, 4.69) is 37.4 Å². The topological polar surface area (TPSA) is 29.9 Å². The first-order valence-corrected chi connectivity index (χ1v) is 6.55. The molecule has 0 aliphatic carbocycles. The van der Waals surface area contributed by atoms with E-state index in [0.717, 1.165) is 25.9 Å². The van der Waals surface area contributed by atoms with Gasteiger partial charge in [-0.1, -0.05) is 13.8 Å². The lowest BCUT2D eigenvalue weighted by Crippen LogP contribution is -2.45. The molecule has 0 spiro atoms. The molecule has 0 saturated heterocycles. The molecule has 16 heavy (non-hydrogen) atoms. The van der Waals surface area contributed by atoms with Crippen LogP contribution in [0.3, 0.4) is 0 Å². The molecule has 0 aromatic carbocycles. The Bertz CT molecular complexity index is 297. The van der Waals surface area contributed by atoms with Gasteiger partial charge in [0, 0.05) is 36.3 Å². The number of halogens is 1. The zero-order valence-electron chi connectivity index (χ0n) is 10.5. The Kier molecular flexibility index (Phi) is 5.29. The van der Waals surface area contributed by atoms with Crippen LogP contribution in [0, 0.1) is 0 Å². The van der Waals surface area contributed by atoms with Crippen LogP contribution in [0.15, 0.2) is 12.4 Å². The number of aromatic nitrogens is 2. The molecule has 1 aromatic rings. The summed E-state index contributed by atoms with van der Waals surface area (Å²) < 4.78 is 1.94. The van der Waals surface area contributed by atoms with Crippen LogP contribution in [0.5, 0.6) is 0 Å². The van der Waals surface area contributed by atoms with E-state index in [1.165, 1.54) is 5.56 Å². The third-order valence-electron chi connectivity index (χ3n) is 3.29. The van der Waals surface area contributed by atoms with Crippen molar-refractivity contribution in [3.05, 3.63) is 18.0 Å². The Balaban J connectivity index is 2.55. The Morgan fingerprint density at radius 1 is 1.38 bits per heavy atom. The molecule has 0 fully saturated rings. The molecule has 0 bridgehead atoms. The van der Waals surface area contributed by atoms with Crippen molar-refractivity contribution in [2.75, 3.05) is 5.88 Å². The molecular formula is C12H22ClN3. The summed E-state index contributed by atoms with van der Waals surface area (Å²) in [4.78, 5) is 0. The lowest BCUT2D eigenvalue weighted by atomic mass is 9.95. The lowest BCUT2D eigenvalue weighted by molar-refractivity contribution is 0.334. The van der Waals surface area contributed by atoms with E-state index in [1.807, 2.05) is 10.9 Å². The number of alkyl halides is 1. The first-order chi connectivity index (χ1) is 7.69. The third-order valence-corrected chi connectivity index (χ3v) is 3.80. The van der Waals surface area contributed by atoms with Gasteiger partial charge in [0.05, 0.1) is 6.20 Å². The molecule has 1 aromatic heterocycles. The Morgan fingerprint density at radius 3 is 2.50 bits per heavy atom. The maximum atomic E-state index is 6.04. The summed E-state index contributed by atoms with van der Waals surface area (Å²) in [6, 6.07) is 0. The second-order valence-corrected chi connectivity index (χ2v) is 4.45. The fraction of sp³-hybridized carbons (Fsp3) is 0.750. The minimum atomic E-state index is 0.0653. The minimum absolute atomic E-state index is 0.0653. The average Bonchev–Trinajstić information content (AvgIpc) is 2.80. The van der Waals surface area contributed by atoms with Crippen molar-refractivity contribution < 1.29 is 0 Å². The molecule has 3 nitrogen and oxygen atoms in total. The monoisotopic (exact) mass is 243 g/mol. The lowest BCUT2D eigenvalue weighted by Gasteiger charge is -2.30. The number of nitrogens with one attached hydrogen (secondary N) is 1. The van der Waals surface area contributed by atoms with E-state index in [9.17, 15) is 0 Å². The van der Waals surface area contributed by atoms with E-state index in [0.29, 0.717) is 5.88 Å². The van der Waals surface area contributed by atoms with Crippen molar-refractivity contribution in [1.29, 1.82) is 0 Å². The van der Waals surface area contributed by atoms with Crippen LogP contribution in [0.1, 0.15) is 39.2 Å². The van der Waals surface area contributed by atoms with Crippen molar-refractivity contribution in [2.24, 2.45) is 0 Å². The second kappa shape index (κ2) is 6.26. The largest absolute Gasteiger partial charge is 0.306 e. The fourth-order valence-corrected chi connectivity index (χ4v) is 2.17. The number of hydrogen-bond acceptors (Lipinski definition) is 2. The molecule has 0 atom stereocenters. The summed E-state index contributed by atoms with van der Waals surface area (Å²) in [5, 5.41) is 7.81. The maximum absolute atomic E-state index is 6.04. The summed E-state index contributed by atoms with van der Waals surface area (Å²) in [5.74, 6) is 0.655. The van der Waals surface area contributed by atoms with E-state index in [-0.39, 0.29) is 5.54 Å². The van der Waals surface area contributed by atoms with Crippen LogP contribution in [0.25, 0.3) is 0 Å². The van der Waals surface area contributed by atoms with Crippen LogP contribution in [-0.2, 0) is 13.1 Å². The van der Waals surface area contributed by atoms with Gasteiger partial charge in [-0.2, -0.15) is 5.10 Å². The normalized spacial score (nSPS) is 12.0. The summed E-state index contributed by atoms with van der Waals surface area (Å²) in [6.45, 7) is 8.20. The molecule has 0 radical (unpaired) electrons. The fourth-order valence-electron chi connectivity index (χ4n) is 1.70. The quantitative estimate of drug-likeness (QED) is 0.747. The van der Waals surface area contributed by atoms with Gasteiger partial charge in [0.15, 0.2) is 0 Å². The van der Waals surface area contributed by atoms with Crippen LogP contribution < -0.4 is 5.32 Å². The minimum Gasteiger partial charge on any atom is -0.306 e. The van der Waals surface area contributed by atoms with E-state index < -0.39 is 0 Å². The van der Waals surface area contributed by atoms with Crippen molar-refractivity contribution in [3.8, 4) is 0 Å². The molecule has 1 N–H and O–H groups in total. The Hall–Kier alpha value is -0.540. The number of nitrogens with zero attached hydrogens (tertiary/aromatic N) is 2. The predicted molar refractivity (Wildman–Crippen MR) is 68.8 cm³/mol. The van der Waals surface area contributed by atoms with Crippen LogP contribution in [0.4, 0.5) is 0 Å². The summed E-state index contributed by atoms with van der Waals surface area (Å²) in [6.07, 6.45) is 6.10. The van der Waals surface area contributed by atoms with Crippen LogP contribution in [-0.4, -0.2) is 21.2 Å². The van der Waals surface area contributed by atoms with E-state index in [1.54, 1.807) is 0 Å². The molecule has 0 saturated carbocycles. The smallest absolute Gasteiger partial charge is 0.0534 e. The van der Waals surface area contributed by atoms with Crippen molar-refractivity contribution >= 4 is 11.6 Å². The van der Waals surface area contributed by atoms with Crippen LogP contribution in [0.2, 0.25) is 0 Å². The number of rotatable bonds is 7. The summed E-state index contributed by atoms with van der Waals surface area (Å²) >= 11 is 6.04. The van der Waals surface area contributed by atoms with Crippen molar-refractivity contribution in [1.82, 2.24) is 15.1 Å². The molecule has 1 rings (SSSR count). The highest BCUT2D eigenvalue weighted by Crippen LogP contribution is 2.17. The number of hydrogen-bond donors (Lipinski definition) is 1. The second-order valence-electron chi connectivity index (χ2n) is 4.18. The van der Waals surface area contributed by atoms with Crippen molar-refractivity contribution in [2.45, 2.75) is 52.2 Å². The van der Waals surface area contributed by atoms with Gasteiger partial charge in [-0.25, -0.2) is 0 Å². The Labute approximate surface area is 103 Å². The SMILES string of the molecule is CCn1cc(CNC(CC)(CC)CCl)cn1. The Morgan fingerprint density at radius 2 is 2.06 bits per heavy atom. The van der Waals surface area contributed by atoms with Crippen LogP contribution >= 0.6 is 11.6 Å². The molecule has 0 aliphatic heterocycles. The van der Waals surface area contributed by atoms with Gasteiger partial charge in [0.25, 0.3) is 0 Å². The van der Waals surface area contributed by atoms with E-state index >= 15 is 0 Å². The van der Waals surface area contributed by atoms with Gasteiger partial charge in [0.1, 0.15) is 0 Å². The molecule has 1 heterocycles. The highest BCUT2D eigenvalue weighted by Gasteiger charge is 2.23. The zero-order valence-corrected chi connectivity index (χ0v) is 11.2.